The molecule has 34 heavy (non-hydrogen) atoms. The minimum Gasteiger partial charge on any atom is -0.507 e. The summed E-state index contributed by atoms with van der Waals surface area (Å²) >= 11 is 0. The summed E-state index contributed by atoms with van der Waals surface area (Å²) in [5, 5.41) is 12.2. The van der Waals surface area contributed by atoms with Gasteiger partial charge in [-0.2, -0.15) is 0 Å². The van der Waals surface area contributed by atoms with Gasteiger partial charge >= 0.3 is 0 Å². The predicted molar refractivity (Wildman–Crippen MR) is 148 cm³/mol. The fraction of sp³-hybridized carbons (Fsp3) is 0.226. The molecule has 0 bridgehead atoms. The van der Waals surface area contributed by atoms with Crippen LogP contribution in [0.25, 0.3) is 0 Å². The molecule has 1 N–H and O–H groups in total. The molecule has 0 amide bonds. The van der Waals surface area contributed by atoms with Crippen molar-refractivity contribution in [3.63, 3.8) is 0 Å². The number of hydrogen-bond donors (Lipinski definition) is 1. The van der Waals surface area contributed by atoms with E-state index in [0.717, 1.165) is 24.1 Å². The number of aryl methyl sites for hydroxylation is 2. The Morgan fingerprint density at radius 3 is 1.94 bits per heavy atom. The molecule has 4 aromatic rings. The zero-order chi connectivity index (χ0) is 24.1. The predicted octanol–water partition coefficient (Wildman–Crippen LogP) is 7.98. The van der Waals surface area contributed by atoms with Crippen LogP contribution in [0.4, 0.5) is 11.4 Å². The molecular weight excluding hydrogens is 433 g/mol. The largest absolute Gasteiger partial charge is 0.507 e. The summed E-state index contributed by atoms with van der Waals surface area (Å²) in [6, 6.07) is 34.2. The lowest BCUT2D eigenvalue weighted by molar-refractivity contribution is 0.452. The number of hydrogen-bond acceptors (Lipinski definition) is 2. The topological polar surface area (TPSA) is 23.5 Å². The summed E-state index contributed by atoms with van der Waals surface area (Å²) in [4.78, 5) is 2.38. The fourth-order valence-corrected chi connectivity index (χ4v) is 6.12. The van der Waals surface area contributed by atoms with Crippen molar-refractivity contribution in [3.8, 4) is 5.75 Å². The van der Waals surface area contributed by atoms with Crippen molar-refractivity contribution in [2.45, 2.75) is 45.8 Å². The zero-order valence-corrected chi connectivity index (χ0v) is 21.5. The molecule has 0 spiro atoms. The molecule has 4 aromatic carbocycles. The first-order valence-electron chi connectivity index (χ1n) is 12.0. The fourth-order valence-electron chi connectivity index (χ4n) is 4.52. The Labute approximate surface area is 206 Å². The third kappa shape index (κ3) is 5.18. The number of para-hydroxylation sites is 2. The molecule has 3 heteroatoms. The quantitative estimate of drug-likeness (QED) is 0.266. The van der Waals surface area contributed by atoms with E-state index < -0.39 is 0 Å². The van der Waals surface area contributed by atoms with Crippen molar-refractivity contribution in [2.75, 3.05) is 4.90 Å². The number of phenolic OH excluding ortho intramolecular Hbond substituents is 1. The van der Waals surface area contributed by atoms with Gasteiger partial charge in [0.1, 0.15) is 5.75 Å². The summed E-state index contributed by atoms with van der Waals surface area (Å²) in [5.74, 6) is 0.440. The highest BCUT2D eigenvalue weighted by Gasteiger charge is 2.30. The Bertz CT molecular complexity index is 1200. The molecule has 2 unspecified atom stereocenters. The molecule has 0 aliphatic rings. The molecule has 4 rings (SSSR count). The molecule has 0 aliphatic heterocycles. The summed E-state index contributed by atoms with van der Waals surface area (Å²) in [7, 11) is 0.542. The van der Waals surface area contributed by atoms with E-state index in [1.54, 1.807) is 0 Å². The van der Waals surface area contributed by atoms with Crippen LogP contribution >= 0.6 is 8.58 Å². The van der Waals surface area contributed by atoms with Gasteiger partial charge < -0.3 is 10.0 Å². The third-order valence-electron chi connectivity index (χ3n) is 6.64. The summed E-state index contributed by atoms with van der Waals surface area (Å²) in [6.45, 7) is 9.42. The third-order valence-corrected chi connectivity index (χ3v) is 8.57. The molecule has 2 atom stereocenters. The van der Waals surface area contributed by atoms with Gasteiger partial charge in [0.05, 0.1) is 0 Å². The van der Waals surface area contributed by atoms with E-state index in [2.05, 4.69) is 123 Å². The van der Waals surface area contributed by atoms with Crippen molar-refractivity contribution in [3.05, 3.63) is 119 Å². The number of benzene rings is 4. The first-order chi connectivity index (χ1) is 16.4. The number of rotatable bonds is 8. The van der Waals surface area contributed by atoms with E-state index >= 15 is 0 Å². The molecule has 0 radical (unpaired) electrons. The molecule has 0 fully saturated rings. The van der Waals surface area contributed by atoms with Gasteiger partial charge in [-0.05, 0) is 61.0 Å². The van der Waals surface area contributed by atoms with Crippen LogP contribution in [0.1, 0.15) is 42.5 Å². The standard InChI is InChI=1S/C31H34NOP/c1-5-31(4,28-21-23(2)20-24(3)30(28)33)34-29-19-13-12-14-25(29)22-32(26-15-8-6-9-16-26)27-17-10-7-11-18-27/h6-21,33-34H,5,22H2,1-4H3. The van der Waals surface area contributed by atoms with E-state index in [4.69, 9.17) is 0 Å². The van der Waals surface area contributed by atoms with Gasteiger partial charge in [-0.3, -0.25) is 0 Å². The molecule has 0 heterocycles. The first kappa shape index (κ1) is 24.0. The van der Waals surface area contributed by atoms with Crippen LogP contribution in [0.5, 0.6) is 5.75 Å². The second-order valence-corrected chi connectivity index (χ2v) is 11.1. The second-order valence-electron chi connectivity index (χ2n) is 9.20. The second kappa shape index (κ2) is 10.5. The van der Waals surface area contributed by atoms with Crippen LogP contribution in [-0.4, -0.2) is 5.11 Å². The Kier molecular flexibility index (Phi) is 7.39. The van der Waals surface area contributed by atoms with Gasteiger partial charge in [0.15, 0.2) is 0 Å². The lowest BCUT2D eigenvalue weighted by Gasteiger charge is -2.32. The average molecular weight is 468 g/mol. The minimum atomic E-state index is -0.138. The van der Waals surface area contributed by atoms with Crippen molar-refractivity contribution >= 4 is 25.3 Å². The molecule has 174 valence electrons. The summed E-state index contributed by atoms with van der Waals surface area (Å²) in [5.41, 5.74) is 6.88. The van der Waals surface area contributed by atoms with Gasteiger partial charge in [0.2, 0.25) is 0 Å². The number of aromatic hydroxyl groups is 1. The highest BCUT2D eigenvalue weighted by Crippen LogP contribution is 2.48. The Morgan fingerprint density at radius 2 is 1.35 bits per heavy atom. The smallest absolute Gasteiger partial charge is 0.122 e. The Morgan fingerprint density at radius 1 is 0.794 bits per heavy atom. The summed E-state index contributed by atoms with van der Waals surface area (Å²) < 4.78 is 0. The number of nitrogens with zero attached hydrogens (tertiary/aromatic N) is 1. The highest BCUT2D eigenvalue weighted by molar-refractivity contribution is 7.48. The van der Waals surface area contributed by atoms with Gasteiger partial charge in [0, 0.05) is 28.6 Å². The van der Waals surface area contributed by atoms with Crippen LogP contribution in [0.3, 0.4) is 0 Å². The molecule has 0 aromatic heterocycles. The monoisotopic (exact) mass is 467 g/mol. The van der Waals surface area contributed by atoms with Crippen LogP contribution in [0.2, 0.25) is 0 Å². The molecular formula is C31H34NOP. The van der Waals surface area contributed by atoms with E-state index in [9.17, 15) is 5.11 Å². The van der Waals surface area contributed by atoms with Gasteiger partial charge in [-0.25, -0.2) is 0 Å². The van der Waals surface area contributed by atoms with Crippen molar-refractivity contribution in [2.24, 2.45) is 0 Å². The Hall–Kier alpha value is -3.09. The number of anilines is 2. The van der Waals surface area contributed by atoms with Crippen molar-refractivity contribution in [1.82, 2.24) is 0 Å². The van der Waals surface area contributed by atoms with E-state index in [1.165, 1.54) is 27.8 Å². The lowest BCUT2D eigenvalue weighted by atomic mass is 9.93. The molecule has 0 aliphatic carbocycles. The maximum atomic E-state index is 11.0. The maximum absolute atomic E-state index is 11.0. The van der Waals surface area contributed by atoms with Crippen molar-refractivity contribution < 1.29 is 5.11 Å². The zero-order valence-electron chi connectivity index (χ0n) is 20.5. The Balaban J connectivity index is 1.73. The van der Waals surface area contributed by atoms with Gasteiger partial charge in [0.25, 0.3) is 0 Å². The van der Waals surface area contributed by atoms with Crippen LogP contribution in [0, 0.1) is 13.8 Å². The maximum Gasteiger partial charge on any atom is 0.122 e. The van der Waals surface area contributed by atoms with E-state index in [1.807, 2.05) is 6.92 Å². The van der Waals surface area contributed by atoms with Crippen LogP contribution in [-0.2, 0) is 11.7 Å². The van der Waals surface area contributed by atoms with Gasteiger partial charge in [-0.15, -0.1) is 0 Å². The van der Waals surface area contributed by atoms with E-state index in [0.29, 0.717) is 14.3 Å². The minimum absolute atomic E-state index is 0.138. The number of phenols is 1. The van der Waals surface area contributed by atoms with Crippen molar-refractivity contribution in [1.29, 1.82) is 0 Å². The average Bonchev–Trinajstić information content (AvgIpc) is 2.86. The van der Waals surface area contributed by atoms with Gasteiger partial charge in [-0.1, -0.05) is 101 Å². The molecule has 0 saturated heterocycles. The lowest BCUT2D eigenvalue weighted by Crippen LogP contribution is -2.24. The van der Waals surface area contributed by atoms with Crippen LogP contribution < -0.4 is 10.2 Å². The summed E-state index contributed by atoms with van der Waals surface area (Å²) in [6.07, 6.45) is 0.956. The normalized spacial score (nSPS) is 13.2. The van der Waals surface area contributed by atoms with E-state index in [-0.39, 0.29) is 5.16 Å². The SMILES string of the molecule is CCC(C)(Pc1ccccc1CN(c1ccccc1)c1ccccc1)c1cc(C)cc(C)c1O. The highest BCUT2D eigenvalue weighted by atomic mass is 31.1. The molecule has 2 nitrogen and oxygen atoms in total. The first-order valence-corrected chi connectivity index (χ1v) is 13.0. The van der Waals surface area contributed by atoms with Crippen LogP contribution in [0.15, 0.2) is 97.1 Å². The molecule has 0 saturated carbocycles.